The molecule has 3 N–H and O–H groups in total. The molecule has 5 nitrogen and oxygen atoms in total. The average Bonchev–Trinajstić information content (AvgIpc) is 3.20. The molecule has 158 valence electrons. The number of aromatic nitrogens is 2. The van der Waals surface area contributed by atoms with E-state index in [4.69, 9.17) is 16.3 Å². The first-order valence-corrected chi connectivity index (χ1v) is 11.5. The van der Waals surface area contributed by atoms with E-state index in [2.05, 4.69) is 34.2 Å². The molecule has 0 bridgehead atoms. The lowest BCUT2D eigenvalue weighted by Crippen LogP contribution is -1.99. The minimum absolute atomic E-state index is 0.296. The number of hydrogen-bond donors (Lipinski definition) is 3. The van der Waals surface area contributed by atoms with Gasteiger partial charge in [0.25, 0.3) is 6.01 Å². The van der Waals surface area contributed by atoms with E-state index in [-0.39, 0.29) is 0 Å². The number of halogens is 1. The number of ether oxygens (including phenoxy) is 1. The van der Waals surface area contributed by atoms with E-state index >= 15 is 0 Å². The molecule has 0 spiro atoms. The second-order valence-corrected chi connectivity index (χ2v) is 8.73. The van der Waals surface area contributed by atoms with Crippen molar-refractivity contribution in [3.8, 4) is 34.0 Å². The summed E-state index contributed by atoms with van der Waals surface area (Å²) >= 11 is 6.58. The van der Waals surface area contributed by atoms with Crippen molar-refractivity contribution in [2.45, 2.75) is 0 Å². The summed E-state index contributed by atoms with van der Waals surface area (Å²) in [6.45, 7) is 0. The summed E-state index contributed by atoms with van der Waals surface area (Å²) in [6, 6.07) is 29.1. The minimum atomic E-state index is -2.19. The SMILES string of the molecule is OP(O)c1cccc(Oc2nc3cc(-c4ccc(-c5ccccc5)cc4)c(Cl)cc3[nH]2)c1. The summed E-state index contributed by atoms with van der Waals surface area (Å²) < 4.78 is 5.78. The molecule has 0 fully saturated rings. The average molecular weight is 461 g/mol. The molecule has 1 aromatic heterocycles. The number of aromatic amines is 1. The normalized spacial score (nSPS) is 11.2. The maximum atomic E-state index is 9.41. The number of nitrogens with one attached hydrogen (secondary N) is 1. The van der Waals surface area contributed by atoms with Crippen LogP contribution in [0.15, 0.2) is 91.0 Å². The highest BCUT2D eigenvalue weighted by Crippen LogP contribution is 2.34. The molecule has 4 aromatic carbocycles. The Morgan fingerprint density at radius 3 is 2.25 bits per heavy atom. The minimum Gasteiger partial charge on any atom is -0.426 e. The molecule has 5 aromatic rings. The summed E-state index contributed by atoms with van der Waals surface area (Å²) in [7, 11) is -2.19. The molecule has 0 aliphatic carbocycles. The van der Waals surface area contributed by atoms with Crippen LogP contribution in [0.1, 0.15) is 0 Å². The van der Waals surface area contributed by atoms with Gasteiger partial charge in [0, 0.05) is 10.9 Å². The monoisotopic (exact) mass is 460 g/mol. The third-order valence-electron chi connectivity index (χ3n) is 5.12. The van der Waals surface area contributed by atoms with Gasteiger partial charge in [-0.25, -0.2) is 0 Å². The van der Waals surface area contributed by atoms with Crippen LogP contribution in [0.2, 0.25) is 5.02 Å². The molecule has 0 saturated heterocycles. The van der Waals surface area contributed by atoms with Gasteiger partial charge in [-0.1, -0.05) is 72.3 Å². The second kappa shape index (κ2) is 8.73. The Morgan fingerprint density at radius 1 is 0.781 bits per heavy atom. The van der Waals surface area contributed by atoms with Crippen LogP contribution in [0.3, 0.4) is 0 Å². The van der Waals surface area contributed by atoms with Crippen LogP contribution in [-0.4, -0.2) is 19.8 Å². The smallest absolute Gasteiger partial charge is 0.300 e. The largest absolute Gasteiger partial charge is 0.426 e. The molecule has 0 radical (unpaired) electrons. The van der Waals surface area contributed by atoms with Crippen molar-refractivity contribution in [3.63, 3.8) is 0 Å². The lowest BCUT2D eigenvalue weighted by atomic mass is 10.00. The highest BCUT2D eigenvalue weighted by molar-refractivity contribution is 7.54. The van der Waals surface area contributed by atoms with Crippen molar-refractivity contribution in [3.05, 3.63) is 96.0 Å². The van der Waals surface area contributed by atoms with Crippen LogP contribution in [0.4, 0.5) is 0 Å². The molecule has 1 heterocycles. The van der Waals surface area contributed by atoms with Gasteiger partial charge >= 0.3 is 0 Å². The van der Waals surface area contributed by atoms with Crippen molar-refractivity contribution in [1.82, 2.24) is 9.97 Å². The number of imidazole rings is 1. The third kappa shape index (κ3) is 4.24. The highest BCUT2D eigenvalue weighted by Gasteiger charge is 2.12. The van der Waals surface area contributed by atoms with Crippen LogP contribution in [0.25, 0.3) is 33.3 Å². The molecule has 0 atom stereocenters. The molecule has 5 rings (SSSR count). The number of rotatable bonds is 5. The van der Waals surface area contributed by atoms with Crippen LogP contribution in [0.5, 0.6) is 11.8 Å². The van der Waals surface area contributed by atoms with E-state index in [0.29, 0.717) is 27.6 Å². The van der Waals surface area contributed by atoms with Crippen molar-refractivity contribution in [2.24, 2.45) is 0 Å². The Kier molecular flexibility index (Phi) is 5.64. The lowest BCUT2D eigenvalue weighted by Gasteiger charge is -2.07. The maximum absolute atomic E-state index is 9.41. The van der Waals surface area contributed by atoms with Crippen LogP contribution in [-0.2, 0) is 0 Å². The number of fused-ring (bicyclic) bond motifs is 1. The van der Waals surface area contributed by atoms with Gasteiger partial charge in [-0.05, 0) is 47.0 Å². The second-order valence-electron chi connectivity index (χ2n) is 7.22. The fourth-order valence-corrected chi connectivity index (χ4v) is 4.27. The molecular weight excluding hydrogens is 443 g/mol. The molecule has 0 aliphatic rings. The lowest BCUT2D eigenvalue weighted by molar-refractivity contribution is 0.449. The van der Waals surface area contributed by atoms with E-state index < -0.39 is 8.38 Å². The summed E-state index contributed by atoms with van der Waals surface area (Å²) in [4.78, 5) is 26.4. The van der Waals surface area contributed by atoms with Crippen molar-refractivity contribution in [2.75, 3.05) is 0 Å². The third-order valence-corrected chi connectivity index (χ3v) is 6.17. The van der Waals surface area contributed by atoms with Crippen molar-refractivity contribution < 1.29 is 14.5 Å². The number of hydrogen-bond acceptors (Lipinski definition) is 4. The standard InChI is InChI=1S/C25H18ClN2O3P/c26-22-15-24-23(27-25(28-24)31-19-7-4-8-20(13-19)32(29)30)14-21(22)18-11-9-17(10-12-18)16-5-2-1-3-6-16/h1-15,29-30H,(H,27,28). The Morgan fingerprint density at radius 2 is 1.50 bits per heavy atom. The van der Waals surface area contributed by atoms with Gasteiger partial charge in [0.05, 0.1) is 16.1 Å². The highest BCUT2D eigenvalue weighted by atomic mass is 35.5. The quantitative estimate of drug-likeness (QED) is 0.270. The number of benzene rings is 4. The van der Waals surface area contributed by atoms with Gasteiger partial charge in [-0.2, -0.15) is 4.98 Å². The summed E-state index contributed by atoms with van der Waals surface area (Å²) in [5.41, 5.74) is 5.64. The predicted octanol–water partition coefficient (Wildman–Crippen LogP) is 6.26. The molecule has 0 saturated carbocycles. The molecule has 0 unspecified atom stereocenters. The van der Waals surface area contributed by atoms with E-state index in [1.165, 1.54) is 0 Å². The van der Waals surface area contributed by atoms with Gasteiger partial charge in [-0.3, -0.25) is 0 Å². The Balaban J connectivity index is 1.44. The number of H-pyrrole nitrogens is 1. The first-order chi connectivity index (χ1) is 15.6. The maximum Gasteiger partial charge on any atom is 0.300 e. The predicted molar refractivity (Wildman–Crippen MR) is 129 cm³/mol. The van der Waals surface area contributed by atoms with Gasteiger partial charge in [0.15, 0.2) is 8.38 Å². The van der Waals surface area contributed by atoms with Crippen molar-refractivity contribution in [1.29, 1.82) is 0 Å². The molecule has 7 heteroatoms. The van der Waals surface area contributed by atoms with Crippen LogP contribution < -0.4 is 10.0 Å². The van der Waals surface area contributed by atoms with E-state index in [1.54, 1.807) is 24.3 Å². The summed E-state index contributed by atoms with van der Waals surface area (Å²) in [5, 5.41) is 1.01. The van der Waals surface area contributed by atoms with E-state index in [1.807, 2.05) is 42.5 Å². The first-order valence-electron chi connectivity index (χ1n) is 9.88. The Labute approximate surface area is 190 Å². The zero-order chi connectivity index (χ0) is 22.1. The van der Waals surface area contributed by atoms with Gasteiger partial charge in [0.1, 0.15) is 5.75 Å². The Bertz CT molecular complexity index is 1390. The molecule has 0 amide bonds. The zero-order valence-electron chi connectivity index (χ0n) is 16.7. The fourth-order valence-electron chi connectivity index (χ4n) is 3.53. The molecule has 0 aliphatic heterocycles. The van der Waals surface area contributed by atoms with Crippen molar-refractivity contribution >= 4 is 36.3 Å². The number of nitrogens with zero attached hydrogens (tertiary/aromatic N) is 1. The topological polar surface area (TPSA) is 78.4 Å². The summed E-state index contributed by atoms with van der Waals surface area (Å²) in [5.74, 6) is 0.458. The first kappa shape index (κ1) is 20.7. The van der Waals surface area contributed by atoms with Gasteiger partial charge in [-0.15, -0.1) is 0 Å². The van der Waals surface area contributed by atoms with Crippen LogP contribution in [0, 0.1) is 0 Å². The zero-order valence-corrected chi connectivity index (χ0v) is 18.4. The van der Waals surface area contributed by atoms with Gasteiger partial charge in [0.2, 0.25) is 0 Å². The fraction of sp³-hybridized carbons (Fsp3) is 0. The summed E-state index contributed by atoms with van der Waals surface area (Å²) in [6.07, 6.45) is 0. The molecular formula is C25H18ClN2O3P. The van der Waals surface area contributed by atoms with E-state index in [0.717, 1.165) is 27.8 Å². The Hall–Kier alpha value is -3.21. The molecule has 32 heavy (non-hydrogen) atoms. The van der Waals surface area contributed by atoms with Crippen LogP contribution >= 0.6 is 20.0 Å². The van der Waals surface area contributed by atoms with Gasteiger partial charge < -0.3 is 19.5 Å². The van der Waals surface area contributed by atoms with E-state index in [9.17, 15) is 9.79 Å².